The molecule has 7 heteroatoms. The predicted octanol–water partition coefficient (Wildman–Crippen LogP) is 5.60. The molecule has 2 N–H and O–H groups in total. The van der Waals surface area contributed by atoms with E-state index in [1.54, 1.807) is 18.5 Å². The van der Waals surface area contributed by atoms with Gasteiger partial charge in [0, 0.05) is 54.9 Å². The smallest absolute Gasteiger partial charge is 0.414 e. The first-order valence-electron chi connectivity index (χ1n) is 12.6. The topological polar surface area (TPSA) is 89.5 Å². The highest BCUT2D eigenvalue weighted by Gasteiger charge is 2.37. The molecule has 2 aromatic carbocycles. The quantitative estimate of drug-likeness (QED) is 0.316. The lowest BCUT2D eigenvalue weighted by molar-refractivity contribution is 0.0623. The first kappa shape index (κ1) is 24.5. The first-order valence-corrected chi connectivity index (χ1v) is 12.6. The molecule has 37 heavy (non-hydrogen) atoms. The Morgan fingerprint density at radius 3 is 2.19 bits per heavy atom. The van der Waals surface area contributed by atoms with Gasteiger partial charge >= 0.3 is 6.09 Å². The zero-order valence-electron chi connectivity index (χ0n) is 20.6. The standard InChI is InChI=1S/C30H30N4O3/c35-29-26-19-27(24-13-15-31-16-14-24)32-28(26)18-25(34(29)30(36)37)12-7-17-33(20-22-8-3-1-4-9-22)21-23-10-5-2-6-11-23/h1-6,8-11,13-16,19,25,32H,7,12,17-18,20-21H2,(H,36,37). The minimum Gasteiger partial charge on any atom is -0.465 e. The van der Waals surface area contributed by atoms with Crippen LogP contribution in [0, 0.1) is 0 Å². The summed E-state index contributed by atoms with van der Waals surface area (Å²) >= 11 is 0. The lowest BCUT2D eigenvalue weighted by Gasteiger charge is -2.32. The molecular formula is C30H30N4O3. The second-order valence-electron chi connectivity index (χ2n) is 9.45. The van der Waals surface area contributed by atoms with Gasteiger partial charge in [0.1, 0.15) is 0 Å². The molecule has 0 saturated heterocycles. The molecule has 0 fully saturated rings. The molecule has 188 valence electrons. The fraction of sp³-hybridized carbons (Fsp3) is 0.233. The van der Waals surface area contributed by atoms with Gasteiger partial charge in [0.2, 0.25) is 0 Å². The number of rotatable bonds is 9. The highest BCUT2D eigenvalue weighted by molar-refractivity contribution is 6.05. The number of benzene rings is 2. The Morgan fingerprint density at radius 1 is 0.973 bits per heavy atom. The van der Waals surface area contributed by atoms with Crippen LogP contribution in [0.2, 0.25) is 0 Å². The Bertz CT molecular complexity index is 1300. The van der Waals surface area contributed by atoms with Crippen LogP contribution >= 0.6 is 0 Å². The van der Waals surface area contributed by atoms with Gasteiger partial charge in [-0.15, -0.1) is 0 Å². The van der Waals surface area contributed by atoms with E-state index in [4.69, 9.17) is 0 Å². The maximum atomic E-state index is 13.2. The number of carbonyl (C=O) groups is 2. The second kappa shape index (κ2) is 11.2. The van der Waals surface area contributed by atoms with Crippen molar-refractivity contribution < 1.29 is 14.7 Å². The predicted molar refractivity (Wildman–Crippen MR) is 142 cm³/mol. The molecule has 1 unspecified atom stereocenters. The lowest BCUT2D eigenvalue weighted by atomic mass is 9.96. The third-order valence-electron chi connectivity index (χ3n) is 6.86. The number of carbonyl (C=O) groups excluding carboxylic acids is 1. The summed E-state index contributed by atoms with van der Waals surface area (Å²) in [6.07, 6.45) is 4.05. The maximum absolute atomic E-state index is 13.2. The van der Waals surface area contributed by atoms with E-state index < -0.39 is 18.0 Å². The summed E-state index contributed by atoms with van der Waals surface area (Å²) < 4.78 is 0. The summed E-state index contributed by atoms with van der Waals surface area (Å²) in [6, 6.07) is 25.8. The molecule has 1 aliphatic heterocycles. The van der Waals surface area contributed by atoms with E-state index >= 15 is 0 Å². The number of carboxylic acid groups (broad SMARTS) is 1. The molecule has 5 rings (SSSR count). The highest BCUT2D eigenvalue weighted by Crippen LogP contribution is 2.30. The third kappa shape index (κ3) is 5.78. The molecule has 0 spiro atoms. The van der Waals surface area contributed by atoms with E-state index in [-0.39, 0.29) is 0 Å². The van der Waals surface area contributed by atoms with E-state index in [9.17, 15) is 14.7 Å². The first-order chi connectivity index (χ1) is 18.1. The van der Waals surface area contributed by atoms with Crippen molar-refractivity contribution in [3.63, 3.8) is 0 Å². The molecule has 0 aliphatic carbocycles. The molecular weight excluding hydrogens is 464 g/mol. The van der Waals surface area contributed by atoms with Crippen LogP contribution in [0.5, 0.6) is 0 Å². The van der Waals surface area contributed by atoms with E-state index in [1.165, 1.54) is 11.1 Å². The summed E-state index contributed by atoms with van der Waals surface area (Å²) in [7, 11) is 0. The number of amides is 2. The van der Waals surface area contributed by atoms with E-state index in [0.717, 1.165) is 47.9 Å². The normalized spacial score (nSPS) is 15.1. The zero-order valence-corrected chi connectivity index (χ0v) is 20.6. The summed E-state index contributed by atoms with van der Waals surface area (Å²) in [5.74, 6) is -0.458. The molecule has 0 bridgehead atoms. The molecule has 1 atom stereocenters. The number of nitrogens with zero attached hydrogens (tertiary/aromatic N) is 3. The SMILES string of the molecule is O=C(O)N1C(=O)c2cc(-c3ccncc3)[nH]c2CC1CCCN(Cc1ccccc1)Cc1ccccc1. The molecule has 0 saturated carbocycles. The number of nitrogens with one attached hydrogen (secondary N) is 1. The van der Waals surface area contributed by atoms with Crippen molar-refractivity contribution in [3.8, 4) is 11.3 Å². The van der Waals surface area contributed by atoms with Crippen molar-refractivity contribution >= 4 is 12.0 Å². The van der Waals surface area contributed by atoms with Crippen molar-refractivity contribution in [3.05, 3.63) is 114 Å². The average Bonchev–Trinajstić information content (AvgIpc) is 3.35. The molecule has 1 aliphatic rings. The maximum Gasteiger partial charge on any atom is 0.414 e. The summed E-state index contributed by atoms with van der Waals surface area (Å²) in [5.41, 5.74) is 5.40. The van der Waals surface area contributed by atoms with Crippen LogP contribution in [0.3, 0.4) is 0 Å². The molecule has 3 heterocycles. The van der Waals surface area contributed by atoms with Crippen LogP contribution < -0.4 is 0 Å². The van der Waals surface area contributed by atoms with Crippen molar-refractivity contribution in [2.45, 2.75) is 38.4 Å². The number of H-pyrrole nitrogens is 1. The monoisotopic (exact) mass is 494 g/mol. The minimum atomic E-state index is -1.20. The van der Waals surface area contributed by atoms with Crippen molar-refractivity contribution in [1.29, 1.82) is 0 Å². The number of fused-ring (bicyclic) bond motifs is 1. The van der Waals surface area contributed by atoms with Gasteiger partial charge in [0.15, 0.2) is 0 Å². The van der Waals surface area contributed by atoms with Crippen molar-refractivity contribution in [2.24, 2.45) is 0 Å². The summed E-state index contributed by atoms with van der Waals surface area (Å²) in [5, 5.41) is 9.90. The van der Waals surface area contributed by atoms with Gasteiger partial charge in [-0.25, -0.2) is 9.69 Å². The van der Waals surface area contributed by atoms with Crippen LogP contribution in [0.15, 0.2) is 91.3 Å². The summed E-state index contributed by atoms with van der Waals surface area (Å²) in [4.78, 5) is 36.1. The van der Waals surface area contributed by atoms with Gasteiger partial charge in [0.25, 0.3) is 5.91 Å². The molecule has 0 radical (unpaired) electrons. The van der Waals surface area contributed by atoms with Crippen LogP contribution in [0.25, 0.3) is 11.3 Å². The Balaban J connectivity index is 1.30. The van der Waals surface area contributed by atoms with E-state index in [1.807, 2.05) is 48.5 Å². The number of imide groups is 1. The Hall–Kier alpha value is -4.23. The lowest BCUT2D eigenvalue weighted by Crippen LogP contribution is -2.48. The average molecular weight is 495 g/mol. The van der Waals surface area contributed by atoms with Crippen LogP contribution in [-0.2, 0) is 19.5 Å². The number of hydrogen-bond acceptors (Lipinski definition) is 4. The van der Waals surface area contributed by atoms with E-state index in [2.05, 4.69) is 39.1 Å². The largest absolute Gasteiger partial charge is 0.465 e. The number of aromatic nitrogens is 2. The number of hydrogen-bond donors (Lipinski definition) is 2. The summed E-state index contributed by atoms with van der Waals surface area (Å²) in [6.45, 7) is 2.40. The highest BCUT2D eigenvalue weighted by atomic mass is 16.4. The van der Waals surface area contributed by atoms with Gasteiger partial charge in [-0.1, -0.05) is 60.7 Å². The van der Waals surface area contributed by atoms with Gasteiger partial charge in [-0.3, -0.25) is 14.7 Å². The third-order valence-corrected chi connectivity index (χ3v) is 6.86. The molecule has 7 nitrogen and oxygen atoms in total. The molecule has 2 amide bonds. The molecule has 4 aromatic rings. The Kier molecular flexibility index (Phi) is 7.42. The van der Waals surface area contributed by atoms with Gasteiger partial charge in [0.05, 0.1) is 5.56 Å². The van der Waals surface area contributed by atoms with E-state index in [0.29, 0.717) is 18.4 Å². The van der Waals surface area contributed by atoms with Crippen LogP contribution in [0.1, 0.15) is 40.0 Å². The van der Waals surface area contributed by atoms with Gasteiger partial charge in [-0.05, 0) is 48.7 Å². The van der Waals surface area contributed by atoms with Crippen LogP contribution in [0.4, 0.5) is 4.79 Å². The number of aromatic amines is 1. The number of pyridine rings is 1. The van der Waals surface area contributed by atoms with Crippen molar-refractivity contribution in [1.82, 2.24) is 19.8 Å². The Morgan fingerprint density at radius 2 is 1.59 bits per heavy atom. The van der Waals surface area contributed by atoms with Gasteiger partial charge in [-0.2, -0.15) is 0 Å². The van der Waals surface area contributed by atoms with Gasteiger partial charge < -0.3 is 10.1 Å². The minimum absolute atomic E-state index is 0.406. The zero-order chi connectivity index (χ0) is 25.6. The second-order valence-corrected chi connectivity index (χ2v) is 9.45. The fourth-order valence-electron chi connectivity index (χ4n) is 5.08. The van der Waals surface area contributed by atoms with Crippen LogP contribution in [-0.4, -0.2) is 49.5 Å². The molecule has 2 aromatic heterocycles. The Labute approximate surface area is 216 Å². The van der Waals surface area contributed by atoms with Crippen molar-refractivity contribution in [2.75, 3.05) is 6.54 Å². The fourth-order valence-corrected chi connectivity index (χ4v) is 5.08.